The quantitative estimate of drug-likeness (QED) is 0.784. The average molecular weight is 299 g/mol. The highest BCUT2D eigenvalue weighted by Gasteiger charge is 2.12. The number of hydrogen-bond donors (Lipinski definition) is 1. The maximum atomic E-state index is 11.9. The van der Waals surface area contributed by atoms with E-state index in [1.165, 1.54) is 0 Å². The molecule has 0 atom stereocenters. The molecular weight excluding hydrogens is 276 g/mol. The van der Waals surface area contributed by atoms with Crippen LogP contribution in [0, 0.1) is 6.92 Å². The predicted octanol–water partition coefficient (Wildman–Crippen LogP) is 2.06. The zero-order chi connectivity index (χ0) is 14.3. The molecule has 0 spiro atoms. The summed E-state index contributed by atoms with van der Waals surface area (Å²) in [6.07, 6.45) is 0.540. The van der Waals surface area contributed by atoms with E-state index >= 15 is 0 Å². The topological polar surface area (TPSA) is 49.4 Å². The first-order valence-corrected chi connectivity index (χ1v) is 6.53. The summed E-state index contributed by atoms with van der Waals surface area (Å²) in [4.78, 5) is 25.4. The maximum absolute atomic E-state index is 11.9. The number of nitrogens with zero attached hydrogens (tertiary/aromatic N) is 1. The van der Waals surface area contributed by atoms with Gasteiger partial charge in [0, 0.05) is 38.5 Å². The molecule has 1 N–H and O–H groups in total. The number of benzene rings is 1. The number of Topliss-reactive ketones (excluding diaryl/α,β-unsaturated/α-hetero) is 1. The van der Waals surface area contributed by atoms with E-state index in [0.717, 1.165) is 12.1 Å². The SMILES string of the molecule is CNCCN(C)C(=O)CCC(=O)c1ccc(C)cc1.Cl. The van der Waals surface area contributed by atoms with Gasteiger partial charge in [0.2, 0.25) is 5.91 Å². The van der Waals surface area contributed by atoms with Crippen molar-refractivity contribution < 1.29 is 9.59 Å². The first-order valence-electron chi connectivity index (χ1n) is 6.53. The van der Waals surface area contributed by atoms with Crippen LogP contribution in [-0.2, 0) is 4.79 Å². The van der Waals surface area contributed by atoms with E-state index in [0.29, 0.717) is 12.1 Å². The van der Waals surface area contributed by atoms with Crippen molar-refractivity contribution >= 4 is 24.1 Å². The van der Waals surface area contributed by atoms with Gasteiger partial charge in [-0.05, 0) is 14.0 Å². The molecular formula is C15H23ClN2O2. The Morgan fingerprint density at radius 1 is 1.15 bits per heavy atom. The van der Waals surface area contributed by atoms with Gasteiger partial charge in [0.1, 0.15) is 0 Å². The minimum atomic E-state index is 0. The molecule has 0 aliphatic rings. The van der Waals surface area contributed by atoms with Crippen LogP contribution < -0.4 is 5.32 Å². The highest BCUT2D eigenvalue weighted by molar-refractivity contribution is 5.97. The largest absolute Gasteiger partial charge is 0.344 e. The van der Waals surface area contributed by atoms with Crippen LogP contribution in [-0.4, -0.2) is 43.8 Å². The molecule has 4 nitrogen and oxygen atoms in total. The van der Waals surface area contributed by atoms with E-state index < -0.39 is 0 Å². The number of halogens is 1. The molecule has 0 aromatic heterocycles. The maximum Gasteiger partial charge on any atom is 0.222 e. The van der Waals surface area contributed by atoms with Crippen LogP contribution in [0.1, 0.15) is 28.8 Å². The van der Waals surface area contributed by atoms with Crippen molar-refractivity contribution in [3.05, 3.63) is 35.4 Å². The highest BCUT2D eigenvalue weighted by Crippen LogP contribution is 2.08. The second kappa shape index (κ2) is 9.50. The van der Waals surface area contributed by atoms with E-state index in [-0.39, 0.29) is 36.9 Å². The van der Waals surface area contributed by atoms with Crippen molar-refractivity contribution in [1.29, 1.82) is 0 Å². The van der Waals surface area contributed by atoms with E-state index in [4.69, 9.17) is 0 Å². The lowest BCUT2D eigenvalue weighted by atomic mass is 10.0. The van der Waals surface area contributed by atoms with Gasteiger partial charge in [0.05, 0.1) is 0 Å². The third-order valence-electron chi connectivity index (χ3n) is 3.06. The van der Waals surface area contributed by atoms with E-state index in [2.05, 4.69) is 5.32 Å². The van der Waals surface area contributed by atoms with Crippen LogP contribution in [0.5, 0.6) is 0 Å². The number of aryl methyl sites for hydroxylation is 1. The molecule has 0 unspecified atom stereocenters. The molecule has 0 aliphatic carbocycles. The molecule has 0 fully saturated rings. The lowest BCUT2D eigenvalue weighted by Crippen LogP contribution is -2.32. The second-order valence-corrected chi connectivity index (χ2v) is 4.71. The van der Waals surface area contributed by atoms with Crippen LogP contribution in [0.3, 0.4) is 0 Å². The van der Waals surface area contributed by atoms with Gasteiger partial charge < -0.3 is 10.2 Å². The summed E-state index contributed by atoms with van der Waals surface area (Å²) in [5.74, 6) is 0.0334. The first-order chi connectivity index (χ1) is 9.04. The minimum absolute atomic E-state index is 0. The van der Waals surface area contributed by atoms with Crippen molar-refractivity contribution in [2.24, 2.45) is 0 Å². The first kappa shape index (κ1) is 18.6. The van der Waals surface area contributed by atoms with Crippen LogP contribution in [0.2, 0.25) is 0 Å². The Morgan fingerprint density at radius 3 is 2.30 bits per heavy atom. The third kappa shape index (κ3) is 6.17. The van der Waals surface area contributed by atoms with Gasteiger partial charge in [0.15, 0.2) is 5.78 Å². The normalized spacial score (nSPS) is 9.75. The van der Waals surface area contributed by atoms with Crippen molar-refractivity contribution in [3.8, 4) is 0 Å². The van der Waals surface area contributed by atoms with Crippen LogP contribution >= 0.6 is 12.4 Å². The third-order valence-corrected chi connectivity index (χ3v) is 3.06. The molecule has 1 rings (SSSR count). The summed E-state index contributed by atoms with van der Waals surface area (Å²) in [5, 5.41) is 2.99. The summed E-state index contributed by atoms with van der Waals surface area (Å²) < 4.78 is 0. The number of carbonyl (C=O) groups excluding carboxylic acids is 2. The zero-order valence-electron chi connectivity index (χ0n) is 12.3. The molecule has 0 heterocycles. The average Bonchev–Trinajstić information content (AvgIpc) is 2.42. The fourth-order valence-corrected chi connectivity index (χ4v) is 1.70. The number of carbonyl (C=O) groups is 2. The van der Waals surface area contributed by atoms with Crippen molar-refractivity contribution in [1.82, 2.24) is 10.2 Å². The number of nitrogens with one attached hydrogen (secondary N) is 1. The summed E-state index contributed by atoms with van der Waals surface area (Å²) in [7, 11) is 3.61. The summed E-state index contributed by atoms with van der Waals surface area (Å²) in [6.45, 7) is 3.40. The molecule has 0 saturated heterocycles. The molecule has 1 aromatic carbocycles. The molecule has 0 aliphatic heterocycles. The van der Waals surface area contributed by atoms with Crippen LogP contribution in [0.15, 0.2) is 24.3 Å². The zero-order valence-corrected chi connectivity index (χ0v) is 13.1. The standard InChI is InChI=1S/C15H22N2O2.ClH/c1-12-4-6-13(7-5-12)14(18)8-9-15(19)17(3)11-10-16-2;/h4-7,16H,8-11H2,1-3H3;1H. The van der Waals surface area contributed by atoms with Gasteiger partial charge in [0.25, 0.3) is 0 Å². The second-order valence-electron chi connectivity index (χ2n) is 4.71. The van der Waals surface area contributed by atoms with E-state index in [9.17, 15) is 9.59 Å². The number of likely N-dealkylation sites (N-methyl/N-ethyl adjacent to an activating group) is 2. The Hall–Kier alpha value is -1.39. The number of amides is 1. The number of hydrogen-bond acceptors (Lipinski definition) is 3. The lowest BCUT2D eigenvalue weighted by Gasteiger charge is -2.16. The fourth-order valence-electron chi connectivity index (χ4n) is 1.70. The Balaban J connectivity index is 0.00000361. The molecule has 0 saturated carbocycles. The molecule has 20 heavy (non-hydrogen) atoms. The fraction of sp³-hybridized carbons (Fsp3) is 0.467. The molecule has 1 aromatic rings. The van der Waals surface area contributed by atoms with E-state index in [1.807, 2.05) is 38.2 Å². The van der Waals surface area contributed by atoms with Crippen molar-refractivity contribution in [3.63, 3.8) is 0 Å². The Labute approximate surface area is 127 Å². The van der Waals surface area contributed by atoms with Crippen molar-refractivity contribution in [2.75, 3.05) is 27.2 Å². The molecule has 112 valence electrons. The van der Waals surface area contributed by atoms with Gasteiger partial charge in [-0.25, -0.2) is 0 Å². The van der Waals surface area contributed by atoms with Gasteiger partial charge in [-0.1, -0.05) is 29.8 Å². The summed E-state index contributed by atoms with van der Waals surface area (Å²) in [5.41, 5.74) is 1.80. The van der Waals surface area contributed by atoms with Gasteiger partial charge in [-0.15, -0.1) is 12.4 Å². The van der Waals surface area contributed by atoms with Crippen molar-refractivity contribution in [2.45, 2.75) is 19.8 Å². The smallest absolute Gasteiger partial charge is 0.222 e. The molecule has 0 bridgehead atoms. The van der Waals surface area contributed by atoms with Crippen LogP contribution in [0.4, 0.5) is 0 Å². The van der Waals surface area contributed by atoms with Gasteiger partial charge in [-0.3, -0.25) is 9.59 Å². The summed E-state index contributed by atoms with van der Waals surface area (Å²) in [6, 6.07) is 7.45. The molecule has 1 amide bonds. The van der Waals surface area contributed by atoms with Gasteiger partial charge in [-0.2, -0.15) is 0 Å². The van der Waals surface area contributed by atoms with E-state index in [1.54, 1.807) is 11.9 Å². The van der Waals surface area contributed by atoms with Crippen LogP contribution in [0.25, 0.3) is 0 Å². The monoisotopic (exact) mass is 298 g/mol. The number of ketones is 1. The Bertz CT molecular complexity index is 432. The predicted molar refractivity (Wildman–Crippen MR) is 83.6 cm³/mol. The summed E-state index contributed by atoms with van der Waals surface area (Å²) >= 11 is 0. The Morgan fingerprint density at radius 2 is 1.75 bits per heavy atom. The highest BCUT2D eigenvalue weighted by atomic mass is 35.5. The van der Waals surface area contributed by atoms with Gasteiger partial charge >= 0.3 is 0 Å². The molecule has 0 radical (unpaired) electrons. The lowest BCUT2D eigenvalue weighted by molar-refractivity contribution is -0.129. The molecule has 5 heteroatoms. The minimum Gasteiger partial charge on any atom is -0.344 e. The Kier molecular flexibility index (Phi) is 8.84. The number of rotatable bonds is 7.